The van der Waals surface area contributed by atoms with Crippen molar-refractivity contribution >= 4 is 23.0 Å². The summed E-state index contributed by atoms with van der Waals surface area (Å²) >= 11 is 6.06. The molecule has 1 N–H and O–H groups in total. The topological polar surface area (TPSA) is 55.2 Å². The number of anilines is 1. The van der Waals surface area contributed by atoms with E-state index in [-0.39, 0.29) is 5.69 Å². The Labute approximate surface area is 128 Å². The van der Waals surface area contributed by atoms with Crippen LogP contribution in [0.3, 0.4) is 0 Å². The van der Waals surface area contributed by atoms with Gasteiger partial charge in [-0.1, -0.05) is 43.1 Å². The van der Waals surface area contributed by atoms with Crippen molar-refractivity contribution in [2.24, 2.45) is 0 Å². The number of nitrogens with zero attached hydrogens (tertiary/aromatic N) is 1. The van der Waals surface area contributed by atoms with Crippen molar-refractivity contribution in [3.8, 4) is 0 Å². The second-order valence-electron chi connectivity index (χ2n) is 4.80. The largest absolute Gasteiger partial charge is 0.381 e. The van der Waals surface area contributed by atoms with E-state index in [4.69, 9.17) is 11.6 Å². The maximum atomic E-state index is 11.0. The van der Waals surface area contributed by atoms with E-state index in [1.807, 2.05) is 12.1 Å². The lowest BCUT2D eigenvalue weighted by Gasteiger charge is -2.09. The highest BCUT2D eigenvalue weighted by Crippen LogP contribution is 2.27. The number of rotatable bonds is 6. The Morgan fingerprint density at radius 3 is 2.52 bits per heavy atom. The average molecular weight is 305 g/mol. The van der Waals surface area contributed by atoms with E-state index in [0.29, 0.717) is 17.1 Å². The molecule has 21 heavy (non-hydrogen) atoms. The molecule has 0 aliphatic heterocycles. The molecule has 0 saturated heterocycles. The molecular formula is C16H17ClN2O2. The summed E-state index contributed by atoms with van der Waals surface area (Å²) in [6.07, 6.45) is 2.16. The third-order valence-electron chi connectivity index (χ3n) is 3.25. The molecule has 0 bridgehead atoms. The molecule has 5 heteroatoms. The monoisotopic (exact) mass is 304 g/mol. The summed E-state index contributed by atoms with van der Waals surface area (Å²) in [6, 6.07) is 12.8. The van der Waals surface area contributed by atoms with Crippen molar-refractivity contribution in [1.29, 1.82) is 0 Å². The molecule has 2 aromatic carbocycles. The molecular weight excluding hydrogens is 288 g/mol. The van der Waals surface area contributed by atoms with Crippen LogP contribution in [-0.4, -0.2) is 4.92 Å². The van der Waals surface area contributed by atoms with Gasteiger partial charge in [0.05, 0.1) is 15.5 Å². The normalized spacial score (nSPS) is 10.4. The van der Waals surface area contributed by atoms with E-state index < -0.39 is 4.92 Å². The van der Waals surface area contributed by atoms with E-state index in [1.165, 1.54) is 11.6 Å². The zero-order chi connectivity index (χ0) is 15.2. The summed E-state index contributed by atoms with van der Waals surface area (Å²) in [5.41, 5.74) is 2.75. The maximum Gasteiger partial charge on any atom is 0.275 e. The van der Waals surface area contributed by atoms with Crippen molar-refractivity contribution in [3.05, 3.63) is 68.7 Å². The molecule has 0 spiro atoms. The summed E-state index contributed by atoms with van der Waals surface area (Å²) in [4.78, 5) is 10.6. The van der Waals surface area contributed by atoms with Crippen molar-refractivity contribution in [2.45, 2.75) is 26.3 Å². The van der Waals surface area contributed by atoms with E-state index in [0.717, 1.165) is 18.5 Å². The second-order valence-corrected chi connectivity index (χ2v) is 5.20. The Kier molecular flexibility index (Phi) is 5.17. The van der Waals surface area contributed by atoms with Gasteiger partial charge < -0.3 is 5.32 Å². The van der Waals surface area contributed by atoms with E-state index in [2.05, 4.69) is 24.4 Å². The average Bonchev–Trinajstić information content (AvgIpc) is 2.47. The van der Waals surface area contributed by atoms with Crippen LogP contribution in [0.4, 0.5) is 11.4 Å². The molecule has 0 amide bonds. The van der Waals surface area contributed by atoms with Crippen molar-refractivity contribution in [3.63, 3.8) is 0 Å². The van der Waals surface area contributed by atoms with Gasteiger partial charge in [0.2, 0.25) is 0 Å². The fourth-order valence-corrected chi connectivity index (χ4v) is 2.40. The van der Waals surface area contributed by atoms with Crippen LogP contribution in [0.5, 0.6) is 0 Å². The van der Waals surface area contributed by atoms with Gasteiger partial charge in [-0.2, -0.15) is 0 Å². The van der Waals surface area contributed by atoms with E-state index in [1.54, 1.807) is 12.1 Å². The fourth-order valence-electron chi connectivity index (χ4n) is 2.16. The molecule has 0 heterocycles. The van der Waals surface area contributed by atoms with Crippen molar-refractivity contribution in [1.82, 2.24) is 0 Å². The summed E-state index contributed by atoms with van der Waals surface area (Å²) in [7, 11) is 0. The van der Waals surface area contributed by atoms with Gasteiger partial charge in [-0.05, 0) is 30.2 Å². The van der Waals surface area contributed by atoms with Gasteiger partial charge in [0.1, 0.15) is 0 Å². The number of hydrogen-bond donors (Lipinski definition) is 1. The lowest BCUT2D eigenvalue weighted by Crippen LogP contribution is -2.04. The Bertz CT molecular complexity index is 627. The molecule has 4 nitrogen and oxygen atoms in total. The Morgan fingerprint density at radius 1 is 1.19 bits per heavy atom. The molecule has 0 aromatic heterocycles. The minimum absolute atomic E-state index is 0.0394. The molecule has 0 aliphatic carbocycles. The SMILES string of the molecule is CCCc1ccc(NCc2c(Cl)cccc2[N+](=O)[O-])cc1. The maximum absolute atomic E-state index is 11.0. The quantitative estimate of drug-likeness (QED) is 0.615. The molecule has 0 aliphatic rings. The lowest BCUT2D eigenvalue weighted by molar-refractivity contribution is -0.385. The molecule has 0 radical (unpaired) electrons. The number of hydrogen-bond acceptors (Lipinski definition) is 3. The summed E-state index contributed by atoms with van der Waals surface area (Å²) in [6.45, 7) is 2.46. The number of benzene rings is 2. The summed E-state index contributed by atoms with van der Waals surface area (Å²) < 4.78 is 0. The van der Waals surface area contributed by atoms with Gasteiger partial charge in [-0.3, -0.25) is 10.1 Å². The fraction of sp³-hybridized carbons (Fsp3) is 0.250. The zero-order valence-electron chi connectivity index (χ0n) is 11.8. The zero-order valence-corrected chi connectivity index (χ0v) is 12.6. The number of aryl methyl sites for hydroxylation is 1. The molecule has 0 saturated carbocycles. The number of nitro groups is 1. The number of halogens is 1. The number of nitro benzene ring substituents is 1. The van der Waals surface area contributed by atoms with Crippen LogP contribution in [-0.2, 0) is 13.0 Å². The molecule has 2 aromatic rings. The minimum Gasteiger partial charge on any atom is -0.381 e. The third-order valence-corrected chi connectivity index (χ3v) is 3.61. The molecule has 2 rings (SSSR count). The first-order valence-electron chi connectivity index (χ1n) is 6.86. The van der Waals surface area contributed by atoms with Gasteiger partial charge in [0.15, 0.2) is 0 Å². The van der Waals surface area contributed by atoms with Crippen molar-refractivity contribution in [2.75, 3.05) is 5.32 Å². The first-order chi connectivity index (χ1) is 10.1. The standard InChI is InChI=1S/C16H17ClN2O2/c1-2-4-12-7-9-13(10-8-12)18-11-14-15(17)5-3-6-16(14)19(20)21/h3,5-10,18H,2,4,11H2,1H3. The van der Waals surface area contributed by atoms with Crippen LogP contribution in [0.25, 0.3) is 0 Å². The first-order valence-corrected chi connectivity index (χ1v) is 7.24. The van der Waals surface area contributed by atoms with Crippen LogP contribution in [0.1, 0.15) is 24.5 Å². The van der Waals surface area contributed by atoms with Crippen molar-refractivity contribution < 1.29 is 4.92 Å². The molecule has 0 atom stereocenters. The minimum atomic E-state index is -0.409. The third kappa shape index (κ3) is 3.95. The molecule has 0 unspecified atom stereocenters. The van der Waals surface area contributed by atoms with Crippen LogP contribution in [0, 0.1) is 10.1 Å². The van der Waals surface area contributed by atoms with Gasteiger partial charge in [-0.15, -0.1) is 0 Å². The Balaban J connectivity index is 2.11. The first kappa shape index (κ1) is 15.3. The highest BCUT2D eigenvalue weighted by Gasteiger charge is 2.15. The summed E-state index contributed by atoms with van der Waals surface area (Å²) in [5, 5.41) is 14.6. The van der Waals surface area contributed by atoms with Gasteiger partial charge in [-0.25, -0.2) is 0 Å². The van der Waals surface area contributed by atoms with E-state index >= 15 is 0 Å². The molecule has 0 fully saturated rings. The van der Waals surface area contributed by atoms with Gasteiger partial charge in [0.25, 0.3) is 5.69 Å². The van der Waals surface area contributed by atoms with Gasteiger partial charge in [0, 0.05) is 18.3 Å². The van der Waals surface area contributed by atoms with Crippen LogP contribution in [0.2, 0.25) is 5.02 Å². The predicted octanol–water partition coefficient (Wildman–Crippen LogP) is 4.81. The second kappa shape index (κ2) is 7.09. The lowest BCUT2D eigenvalue weighted by atomic mass is 10.1. The highest BCUT2D eigenvalue weighted by atomic mass is 35.5. The predicted molar refractivity (Wildman–Crippen MR) is 85.9 cm³/mol. The van der Waals surface area contributed by atoms with Crippen LogP contribution < -0.4 is 5.32 Å². The van der Waals surface area contributed by atoms with Gasteiger partial charge >= 0.3 is 0 Å². The highest BCUT2D eigenvalue weighted by molar-refractivity contribution is 6.31. The summed E-state index contributed by atoms with van der Waals surface area (Å²) in [5.74, 6) is 0. The number of nitrogens with one attached hydrogen (secondary N) is 1. The van der Waals surface area contributed by atoms with E-state index in [9.17, 15) is 10.1 Å². The molecule has 110 valence electrons. The Hall–Kier alpha value is -2.07. The van der Waals surface area contributed by atoms with Crippen LogP contribution in [0.15, 0.2) is 42.5 Å². The van der Waals surface area contributed by atoms with Crippen LogP contribution >= 0.6 is 11.6 Å². The smallest absolute Gasteiger partial charge is 0.275 e. The Morgan fingerprint density at radius 2 is 1.90 bits per heavy atom.